The van der Waals surface area contributed by atoms with E-state index in [0.717, 1.165) is 29.8 Å². The van der Waals surface area contributed by atoms with Crippen molar-refractivity contribution in [3.05, 3.63) is 30.6 Å². The Balaban J connectivity index is 2.05. The summed E-state index contributed by atoms with van der Waals surface area (Å²) in [6.07, 6.45) is 1.85. The molecule has 0 amide bonds. The summed E-state index contributed by atoms with van der Waals surface area (Å²) < 4.78 is 4.51. The van der Waals surface area contributed by atoms with Gasteiger partial charge in [0.2, 0.25) is 0 Å². The quantitative estimate of drug-likeness (QED) is 0.444. The molecule has 0 aliphatic heterocycles. The van der Waals surface area contributed by atoms with Crippen molar-refractivity contribution in [2.75, 3.05) is 45.7 Å². The van der Waals surface area contributed by atoms with Crippen LogP contribution < -0.4 is 9.47 Å². The fourth-order valence-corrected chi connectivity index (χ4v) is 2.35. The zero-order valence-electron chi connectivity index (χ0n) is 15.6. The molecule has 130 valence electrons. The van der Waals surface area contributed by atoms with Crippen LogP contribution in [0.25, 0.3) is 0 Å². The number of hydrogen-bond acceptors (Lipinski definition) is 4. The highest BCUT2D eigenvalue weighted by Crippen LogP contribution is 2.21. The maximum absolute atomic E-state index is 4.27. The number of quaternary nitrogens is 1. The molecular weight excluding hydrogens is 302 g/mol. The molecule has 0 spiro atoms. The molecule has 24 heavy (non-hydrogen) atoms. The average molecular weight is 331 g/mol. The number of benzene rings is 1. The first-order valence-corrected chi connectivity index (χ1v) is 8.25. The van der Waals surface area contributed by atoms with Gasteiger partial charge in [0.15, 0.2) is 6.33 Å². The molecule has 0 aliphatic carbocycles. The molecule has 0 N–H and O–H groups in total. The van der Waals surface area contributed by atoms with E-state index in [2.05, 4.69) is 60.4 Å². The van der Waals surface area contributed by atoms with Crippen molar-refractivity contribution in [1.29, 1.82) is 0 Å². The topological polar surface area (TPSA) is 49.7 Å². The fraction of sp³-hybridized carbons (Fsp3) is 0.529. The van der Waals surface area contributed by atoms with Crippen LogP contribution in [0.1, 0.15) is 6.92 Å². The van der Waals surface area contributed by atoms with E-state index in [4.69, 9.17) is 0 Å². The number of likely N-dealkylation sites (N-methyl/N-ethyl adjacent to an activating group) is 2. The highest BCUT2D eigenvalue weighted by atomic mass is 15.4. The highest BCUT2D eigenvalue weighted by Gasteiger charge is 2.12. The lowest BCUT2D eigenvalue weighted by Gasteiger charge is -2.29. The van der Waals surface area contributed by atoms with Crippen molar-refractivity contribution in [1.82, 2.24) is 9.78 Å². The van der Waals surface area contributed by atoms with Crippen LogP contribution in [-0.2, 0) is 14.1 Å². The van der Waals surface area contributed by atoms with Gasteiger partial charge in [0.1, 0.15) is 0 Å². The summed E-state index contributed by atoms with van der Waals surface area (Å²) >= 11 is 0. The van der Waals surface area contributed by atoms with Crippen molar-refractivity contribution in [2.24, 2.45) is 24.3 Å². The summed E-state index contributed by atoms with van der Waals surface area (Å²) in [4.78, 5) is 2.38. The molecule has 0 bridgehead atoms. The number of aromatic nitrogens is 3. The van der Waals surface area contributed by atoms with E-state index in [9.17, 15) is 0 Å². The third-order valence-corrected chi connectivity index (χ3v) is 3.80. The second kappa shape index (κ2) is 7.53. The van der Waals surface area contributed by atoms with Gasteiger partial charge in [0.25, 0.3) is 0 Å². The zero-order chi connectivity index (χ0) is 17.7. The first-order valence-electron chi connectivity index (χ1n) is 8.25. The molecule has 2 rings (SSSR count). The van der Waals surface area contributed by atoms with E-state index in [-0.39, 0.29) is 0 Å². The molecule has 0 saturated carbocycles. The zero-order valence-corrected chi connectivity index (χ0v) is 15.6. The third kappa shape index (κ3) is 5.13. The van der Waals surface area contributed by atoms with Gasteiger partial charge in [0.05, 0.1) is 54.0 Å². The summed E-state index contributed by atoms with van der Waals surface area (Å²) in [5, 5.41) is 12.7. The number of anilines is 1. The lowest BCUT2D eigenvalue weighted by atomic mass is 10.2. The van der Waals surface area contributed by atoms with Crippen LogP contribution >= 0.6 is 0 Å². The normalized spacial score (nSPS) is 12.1. The van der Waals surface area contributed by atoms with Crippen LogP contribution in [0.3, 0.4) is 0 Å². The molecule has 0 fully saturated rings. The predicted molar refractivity (Wildman–Crippen MR) is 95.8 cm³/mol. The monoisotopic (exact) mass is 331 g/mol. The second-order valence-corrected chi connectivity index (χ2v) is 7.01. The van der Waals surface area contributed by atoms with Crippen LogP contribution in [-0.4, -0.2) is 55.0 Å². The van der Waals surface area contributed by atoms with Gasteiger partial charge in [-0.2, -0.15) is 0 Å². The minimum atomic E-state index is 0.583. The molecular formula is C17H29N7+2. The number of nitrogens with zero attached hydrogens (tertiary/aromatic N) is 7. The Hall–Kier alpha value is -2.28. The highest BCUT2D eigenvalue weighted by molar-refractivity contribution is 5.52. The average Bonchev–Trinajstić information content (AvgIpc) is 2.83. The van der Waals surface area contributed by atoms with Gasteiger partial charge in [-0.15, -0.1) is 4.68 Å². The maximum Gasteiger partial charge on any atom is 0.435 e. The van der Waals surface area contributed by atoms with E-state index in [0.29, 0.717) is 5.95 Å². The largest absolute Gasteiger partial charge is 0.435 e. The Morgan fingerprint density at radius 1 is 1.17 bits per heavy atom. The molecule has 0 atom stereocenters. The molecule has 2 aromatic rings. The van der Waals surface area contributed by atoms with Crippen molar-refractivity contribution >= 4 is 17.3 Å². The Morgan fingerprint density at radius 2 is 1.83 bits per heavy atom. The lowest BCUT2D eigenvalue weighted by Crippen LogP contribution is -2.42. The Labute approximate surface area is 144 Å². The van der Waals surface area contributed by atoms with Crippen molar-refractivity contribution in [2.45, 2.75) is 6.92 Å². The number of aryl methyl sites for hydroxylation is 2. The summed E-state index contributed by atoms with van der Waals surface area (Å²) in [7, 11) is 10.4. The number of rotatable bonds is 7. The molecule has 1 aromatic heterocycles. The second-order valence-electron chi connectivity index (χ2n) is 7.01. The van der Waals surface area contributed by atoms with Gasteiger partial charge in [-0.1, -0.05) is 5.11 Å². The summed E-state index contributed by atoms with van der Waals surface area (Å²) in [5.74, 6) is 0.583. The standard InChI is InChI=1S/C17H29N7/c1-7-23(12-13-24(4,5)6)16-10-8-15(9-11-16)18-19-17-20-22(3)14-21(17)2/h8-11,14H,7,12-13H2,1-6H3/q+2. The molecule has 7 heteroatoms. The van der Waals surface area contributed by atoms with Crippen LogP contribution in [0, 0.1) is 0 Å². The van der Waals surface area contributed by atoms with Gasteiger partial charge >= 0.3 is 5.95 Å². The van der Waals surface area contributed by atoms with Gasteiger partial charge in [-0.25, -0.2) is 4.57 Å². The molecule has 7 nitrogen and oxygen atoms in total. The van der Waals surface area contributed by atoms with Gasteiger partial charge in [0, 0.05) is 22.4 Å². The molecule has 0 aliphatic rings. The van der Waals surface area contributed by atoms with Crippen molar-refractivity contribution in [3.8, 4) is 0 Å². The minimum Gasteiger partial charge on any atom is -0.366 e. The summed E-state index contributed by atoms with van der Waals surface area (Å²) in [6.45, 7) is 5.31. The first kappa shape index (κ1) is 18.1. The van der Waals surface area contributed by atoms with Gasteiger partial charge in [-0.3, -0.25) is 0 Å². The van der Waals surface area contributed by atoms with Crippen molar-refractivity contribution < 1.29 is 9.05 Å². The maximum atomic E-state index is 4.27. The van der Waals surface area contributed by atoms with Crippen LogP contribution in [0.15, 0.2) is 40.8 Å². The van der Waals surface area contributed by atoms with E-state index in [1.807, 2.05) is 37.1 Å². The Bertz CT molecular complexity index is 680. The summed E-state index contributed by atoms with van der Waals surface area (Å²) in [5.41, 5.74) is 2.04. The molecule has 1 heterocycles. The minimum absolute atomic E-state index is 0.583. The SMILES string of the molecule is CCN(CC[N+](C)(C)C)c1ccc(N=Nc2nn(C)c[n+]2C)cc1. The Morgan fingerprint density at radius 3 is 2.33 bits per heavy atom. The van der Waals surface area contributed by atoms with E-state index < -0.39 is 0 Å². The van der Waals surface area contributed by atoms with E-state index in [1.165, 1.54) is 5.69 Å². The Kier molecular flexibility index (Phi) is 5.66. The predicted octanol–water partition coefficient (Wildman–Crippen LogP) is 2.19. The van der Waals surface area contributed by atoms with Crippen molar-refractivity contribution in [3.63, 3.8) is 0 Å². The lowest BCUT2D eigenvalue weighted by molar-refractivity contribution is -0.868. The molecule has 0 radical (unpaired) electrons. The first-order chi connectivity index (χ1) is 11.3. The van der Waals surface area contributed by atoms with Crippen LogP contribution in [0.2, 0.25) is 0 Å². The number of hydrogen-bond donors (Lipinski definition) is 0. The molecule has 1 aromatic carbocycles. The van der Waals surface area contributed by atoms with E-state index >= 15 is 0 Å². The van der Waals surface area contributed by atoms with E-state index in [1.54, 1.807) is 4.68 Å². The van der Waals surface area contributed by atoms with Crippen LogP contribution in [0.4, 0.5) is 17.3 Å². The number of azo groups is 1. The summed E-state index contributed by atoms with van der Waals surface area (Å²) in [6, 6.07) is 8.20. The van der Waals surface area contributed by atoms with Crippen LogP contribution in [0.5, 0.6) is 0 Å². The van der Waals surface area contributed by atoms with Gasteiger partial charge in [-0.05, 0) is 31.2 Å². The molecule has 0 saturated heterocycles. The third-order valence-electron chi connectivity index (χ3n) is 3.80. The smallest absolute Gasteiger partial charge is 0.366 e. The molecule has 0 unspecified atom stereocenters. The fourth-order valence-electron chi connectivity index (χ4n) is 2.35. The van der Waals surface area contributed by atoms with Gasteiger partial charge < -0.3 is 9.38 Å².